The number of benzene rings is 1. The Kier molecular flexibility index (Phi) is 3.01. The summed E-state index contributed by atoms with van der Waals surface area (Å²) in [5.74, 6) is 0. The third-order valence-electron chi connectivity index (χ3n) is 3.15. The van der Waals surface area contributed by atoms with Crippen LogP contribution in [-0.2, 0) is 12.8 Å². The van der Waals surface area contributed by atoms with Crippen molar-refractivity contribution in [3.8, 4) is 0 Å². The number of aryl methyl sites for hydroxylation is 2. The van der Waals surface area contributed by atoms with Crippen molar-refractivity contribution in [3.05, 3.63) is 35.0 Å². The number of H-pyrrole nitrogens is 1. The molecule has 0 saturated heterocycles. The van der Waals surface area contributed by atoms with Crippen LogP contribution in [0.2, 0.25) is 0 Å². The standard InChI is InChI=1S/C14H20N2/c1-4-11-6-5-7-12-13(8-9(2)15)10(3)16-14(11)12/h5-7,9,16H,4,8,15H2,1-3H3. The number of hydrogen-bond acceptors (Lipinski definition) is 1. The molecule has 0 fully saturated rings. The van der Waals surface area contributed by atoms with Gasteiger partial charge in [0.15, 0.2) is 0 Å². The van der Waals surface area contributed by atoms with Gasteiger partial charge in [0.1, 0.15) is 0 Å². The molecular formula is C14H20N2. The van der Waals surface area contributed by atoms with E-state index in [0.717, 1.165) is 12.8 Å². The van der Waals surface area contributed by atoms with Crippen molar-refractivity contribution in [3.63, 3.8) is 0 Å². The van der Waals surface area contributed by atoms with Crippen molar-refractivity contribution < 1.29 is 0 Å². The molecule has 0 spiro atoms. The maximum absolute atomic E-state index is 5.90. The van der Waals surface area contributed by atoms with Crippen LogP contribution in [0.25, 0.3) is 10.9 Å². The lowest BCUT2D eigenvalue weighted by molar-refractivity contribution is 0.738. The van der Waals surface area contributed by atoms with E-state index in [-0.39, 0.29) is 6.04 Å². The van der Waals surface area contributed by atoms with Crippen LogP contribution in [0.4, 0.5) is 0 Å². The van der Waals surface area contributed by atoms with Crippen molar-refractivity contribution in [1.82, 2.24) is 4.98 Å². The van der Waals surface area contributed by atoms with Gasteiger partial charge in [-0.25, -0.2) is 0 Å². The summed E-state index contributed by atoms with van der Waals surface area (Å²) in [6.45, 7) is 6.38. The van der Waals surface area contributed by atoms with Crippen LogP contribution in [0.3, 0.4) is 0 Å². The smallest absolute Gasteiger partial charge is 0.0491 e. The second-order valence-corrected chi connectivity index (χ2v) is 4.60. The summed E-state index contributed by atoms with van der Waals surface area (Å²) < 4.78 is 0. The lowest BCUT2D eigenvalue weighted by Crippen LogP contribution is -2.18. The van der Waals surface area contributed by atoms with Crippen LogP contribution in [0.15, 0.2) is 18.2 Å². The van der Waals surface area contributed by atoms with E-state index in [9.17, 15) is 0 Å². The fourth-order valence-electron chi connectivity index (χ4n) is 2.34. The molecule has 2 nitrogen and oxygen atoms in total. The number of rotatable bonds is 3. The van der Waals surface area contributed by atoms with Gasteiger partial charge >= 0.3 is 0 Å². The zero-order valence-corrected chi connectivity index (χ0v) is 10.3. The molecule has 0 saturated carbocycles. The number of aromatic nitrogens is 1. The first-order valence-electron chi connectivity index (χ1n) is 5.98. The number of nitrogens with two attached hydrogens (primary N) is 1. The first-order chi connectivity index (χ1) is 7.63. The van der Waals surface area contributed by atoms with Gasteiger partial charge in [0.2, 0.25) is 0 Å². The summed E-state index contributed by atoms with van der Waals surface area (Å²) in [5, 5.41) is 1.34. The van der Waals surface area contributed by atoms with Crippen molar-refractivity contribution in [2.24, 2.45) is 5.73 Å². The van der Waals surface area contributed by atoms with E-state index in [4.69, 9.17) is 5.73 Å². The summed E-state index contributed by atoms with van der Waals surface area (Å²) in [6, 6.07) is 6.73. The highest BCUT2D eigenvalue weighted by atomic mass is 14.7. The van der Waals surface area contributed by atoms with E-state index in [0.29, 0.717) is 0 Å². The second-order valence-electron chi connectivity index (χ2n) is 4.60. The predicted octanol–water partition coefficient (Wildman–Crippen LogP) is 2.93. The Labute approximate surface area is 96.9 Å². The van der Waals surface area contributed by atoms with Gasteiger partial charge < -0.3 is 10.7 Å². The Balaban J connectivity index is 2.61. The number of hydrogen-bond donors (Lipinski definition) is 2. The summed E-state index contributed by atoms with van der Waals surface area (Å²) >= 11 is 0. The van der Waals surface area contributed by atoms with E-state index in [2.05, 4.69) is 44.0 Å². The van der Waals surface area contributed by atoms with Crippen LogP contribution in [0.1, 0.15) is 30.7 Å². The lowest BCUT2D eigenvalue weighted by Gasteiger charge is -2.05. The third-order valence-corrected chi connectivity index (χ3v) is 3.15. The molecule has 16 heavy (non-hydrogen) atoms. The van der Waals surface area contributed by atoms with Gasteiger partial charge in [-0.3, -0.25) is 0 Å². The van der Waals surface area contributed by atoms with E-state index in [1.807, 2.05) is 0 Å². The van der Waals surface area contributed by atoms with Crippen LogP contribution in [0, 0.1) is 6.92 Å². The van der Waals surface area contributed by atoms with Crippen molar-refractivity contribution in [2.75, 3.05) is 0 Å². The van der Waals surface area contributed by atoms with Crippen LogP contribution < -0.4 is 5.73 Å². The average Bonchev–Trinajstić information content (AvgIpc) is 2.55. The first-order valence-corrected chi connectivity index (χ1v) is 5.98. The SMILES string of the molecule is CCc1cccc2c(CC(C)N)c(C)[nH]c12. The minimum atomic E-state index is 0.211. The van der Waals surface area contributed by atoms with Crippen LogP contribution >= 0.6 is 0 Å². The van der Waals surface area contributed by atoms with Crippen LogP contribution in [0.5, 0.6) is 0 Å². The Hall–Kier alpha value is -1.28. The molecule has 1 aromatic heterocycles. The lowest BCUT2D eigenvalue weighted by atomic mass is 10.0. The highest BCUT2D eigenvalue weighted by molar-refractivity contribution is 5.87. The molecule has 1 aromatic carbocycles. The maximum atomic E-state index is 5.90. The zero-order chi connectivity index (χ0) is 11.7. The van der Waals surface area contributed by atoms with Crippen LogP contribution in [-0.4, -0.2) is 11.0 Å². The summed E-state index contributed by atoms with van der Waals surface area (Å²) in [5.41, 5.74) is 11.2. The molecule has 0 amide bonds. The van der Waals surface area contributed by atoms with Gasteiger partial charge in [-0.05, 0) is 37.8 Å². The summed E-state index contributed by atoms with van der Waals surface area (Å²) in [4.78, 5) is 3.50. The molecule has 86 valence electrons. The first kappa shape index (κ1) is 11.2. The minimum absolute atomic E-state index is 0.211. The Bertz CT molecular complexity index is 495. The Morgan fingerprint density at radius 2 is 2.12 bits per heavy atom. The van der Waals surface area contributed by atoms with E-state index >= 15 is 0 Å². The largest absolute Gasteiger partial charge is 0.358 e. The van der Waals surface area contributed by atoms with Crippen molar-refractivity contribution >= 4 is 10.9 Å². The maximum Gasteiger partial charge on any atom is 0.0491 e. The number of aromatic amines is 1. The molecule has 2 heteroatoms. The third kappa shape index (κ3) is 1.85. The highest BCUT2D eigenvalue weighted by Gasteiger charge is 2.11. The molecule has 1 unspecified atom stereocenters. The molecule has 0 radical (unpaired) electrons. The minimum Gasteiger partial charge on any atom is -0.358 e. The Morgan fingerprint density at radius 1 is 1.38 bits per heavy atom. The van der Waals surface area contributed by atoms with Gasteiger partial charge in [0.25, 0.3) is 0 Å². The quantitative estimate of drug-likeness (QED) is 0.813. The zero-order valence-electron chi connectivity index (χ0n) is 10.3. The molecule has 0 aliphatic carbocycles. The molecule has 2 aromatic rings. The molecule has 1 heterocycles. The highest BCUT2D eigenvalue weighted by Crippen LogP contribution is 2.26. The Morgan fingerprint density at radius 3 is 2.75 bits per heavy atom. The monoisotopic (exact) mass is 216 g/mol. The predicted molar refractivity (Wildman–Crippen MR) is 69.8 cm³/mol. The fraction of sp³-hybridized carbons (Fsp3) is 0.429. The van der Waals surface area contributed by atoms with Gasteiger partial charge in [-0.2, -0.15) is 0 Å². The van der Waals surface area contributed by atoms with E-state index in [1.165, 1.54) is 27.7 Å². The summed E-state index contributed by atoms with van der Waals surface area (Å²) in [6.07, 6.45) is 2.01. The normalized spacial score (nSPS) is 13.2. The van der Waals surface area contributed by atoms with Gasteiger partial charge in [0.05, 0.1) is 0 Å². The van der Waals surface area contributed by atoms with E-state index < -0.39 is 0 Å². The molecule has 2 rings (SSSR count). The average molecular weight is 216 g/mol. The topological polar surface area (TPSA) is 41.8 Å². The summed E-state index contributed by atoms with van der Waals surface area (Å²) in [7, 11) is 0. The van der Waals surface area contributed by atoms with Gasteiger partial charge in [-0.1, -0.05) is 25.1 Å². The second kappa shape index (κ2) is 4.30. The van der Waals surface area contributed by atoms with E-state index in [1.54, 1.807) is 0 Å². The number of nitrogens with one attached hydrogen (secondary N) is 1. The number of para-hydroxylation sites is 1. The van der Waals surface area contributed by atoms with Gasteiger partial charge in [0, 0.05) is 22.6 Å². The fourth-order valence-corrected chi connectivity index (χ4v) is 2.34. The van der Waals surface area contributed by atoms with Crippen molar-refractivity contribution in [1.29, 1.82) is 0 Å². The molecule has 3 N–H and O–H groups in total. The number of fused-ring (bicyclic) bond motifs is 1. The molecule has 0 bridgehead atoms. The molecule has 0 aliphatic heterocycles. The van der Waals surface area contributed by atoms with Gasteiger partial charge in [-0.15, -0.1) is 0 Å². The molecule has 1 atom stereocenters. The molecule has 0 aliphatic rings. The molecular weight excluding hydrogens is 196 g/mol. The van der Waals surface area contributed by atoms with Crippen molar-refractivity contribution in [2.45, 2.75) is 39.7 Å².